The molecule has 3 heterocycles. The summed E-state index contributed by atoms with van der Waals surface area (Å²) in [6.45, 7) is 11.7. The van der Waals surface area contributed by atoms with E-state index in [1.807, 2.05) is 49.1 Å². The molecule has 0 radical (unpaired) electrons. The molecule has 3 aliphatic heterocycles. The SMILES string of the molecule is C=CCCOC(=O)[C@@H]1[C@H]2C(=O)N([C@H](CO)c3ccccc3)C(C(=O)N(CC=C)C3CCCCC3)C23CC(C)[C@@]1(C)O3. The van der Waals surface area contributed by atoms with Gasteiger partial charge in [0, 0.05) is 12.6 Å². The minimum Gasteiger partial charge on any atom is -0.465 e. The second kappa shape index (κ2) is 11.7. The molecule has 3 unspecified atom stereocenters. The molecule has 1 aromatic rings. The van der Waals surface area contributed by atoms with Crippen LogP contribution in [0.25, 0.3) is 0 Å². The Morgan fingerprint density at radius 2 is 1.90 bits per heavy atom. The van der Waals surface area contributed by atoms with Gasteiger partial charge in [0.1, 0.15) is 17.6 Å². The molecule has 1 spiro atoms. The number of amides is 2. The maximum absolute atomic E-state index is 14.9. The maximum Gasteiger partial charge on any atom is 0.312 e. The van der Waals surface area contributed by atoms with Gasteiger partial charge in [-0.2, -0.15) is 0 Å². The Morgan fingerprint density at radius 3 is 2.54 bits per heavy atom. The van der Waals surface area contributed by atoms with Gasteiger partial charge < -0.3 is 24.4 Å². The molecule has 1 aromatic carbocycles. The molecule has 8 heteroatoms. The molecule has 5 rings (SSSR count). The summed E-state index contributed by atoms with van der Waals surface area (Å²) in [6.07, 6.45) is 9.39. The number of aliphatic hydroxyl groups is 1. The number of ether oxygens (including phenoxy) is 2. The van der Waals surface area contributed by atoms with Crippen molar-refractivity contribution in [2.24, 2.45) is 17.8 Å². The van der Waals surface area contributed by atoms with Crippen molar-refractivity contribution in [1.29, 1.82) is 0 Å². The molecule has 0 aromatic heterocycles. The van der Waals surface area contributed by atoms with Gasteiger partial charge in [0.15, 0.2) is 0 Å². The van der Waals surface area contributed by atoms with Crippen LogP contribution >= 0.6 is 0 Å². The van der Waals surface area contributed by atoms with E-state index in [4.69, 9.17) is 9.47 Å². The van der Waals surface area contributed by atoms with Crippen LogP contribution in [0.15, 0.2) is 55.6 Å². The fourth-order valence-electron chi connectivity index (χ4n) is 8.12. The Balaban J connectivity index is 1.62. The number of likely N-dealkylation sites (tertiary alicyclic amines) is 1. The lowest BCUT2D eigenvalue weighted by molar-refractivity contribution is -0.164. The zero-order valence-corrected chi connectivity index (χ0v) is 24.4. The van der Waals surface area contributed by atoms with Crippen molar-refractivity contribution in [3.8, 4) is 0 Å². The van der Waals surface area contributed by atoms with Gasteiger partial charge in [-0.05, 0) is 44.1 Å². The van der Waals surface area contributed by atoms with Crippen molar-refractivity contribution in [2.75, 3.05) is 19.8 Å². The molecule has 1 aliphatic carbocycles. The molecule has 2 amide bonds. The molecule has 4 aliphatic rings. The van der Waals surface area contributed by atoms with E-state index < -0.39 is 41.1 Å². The van der Waals surface area contributed by atoms with Crippen LogP contribution in [0.2, 0.25) is 0 Å². The first-order valence-electron chi connectivity index (χ1n) is 15.1. The predicted octanol–water partition coefficient (Wildman–Crippen LogP) is 4.20. The fourth-order valence-corrected chi connectivity index (χ4v) is 8.12. The topological polar surface area (TPSA) is 96.4 Å². The second-order valence-corrected chi connectivity index (χ2v) is 12.4. The summed E-state index contributed by atoms with van der Waals surface area (Å²) in [6, 6.07) is 7.57. The molecule has 2 bridgehead atoms. The van der Waals surface area contributed by atoms with Crippen LogP contribution in [0.4, 0.5) is 0 Å². The van der Waals surface area contributed by atoms with E-state index in [1.165, 1.54) is 0 Å². The lowest BCUT2D eigenvalue weighted by atomic mass is 9.62. The van der Waals surface area contributed by atoms with Crippen LogP contribution in [-0.2, 0) is 23.9 Å². The molecule has 1 saturated carbocycles. The van der Waals surface area contributed by atoms with Crippen LogP contribution < -0.4 is 0 Å². The zero-order chi connectivity index (χ0) is 29.4. The Bertz CT molecular complexity index is 1170. The van der Waals surface area contributed by atoms with Crippen LogP contribution in [0, 0.1) is 17.8 Å². The van der Waals surface area contributed by atoms with Gasteiger partial charge in [-0.1, -0.05) is 68.7 Å². The summed E-state index contributed by atoms with van der Waals surface area (Å²) in [7, 11) is 0. The van der Waals surface area contributed by atoms with E-state index in [2.05, 4.69) is 13.2 Å². The van der Waals surface area contributed by atoms with Gasteiger partial charge >= 0.3 is 5.97 Å². The average Bonchev–Trinajstić information content (AvgIpc) is 3.49. The first-order valence-corrected chi connectivity index (χ1v) is 15.1. The van der Waals surface area contributed by atoms with E-state index in [9.17, 15) is 19.5 Å². The number of nitrogens with zero attached hydrogens (tertiary/aromatic N) is 2. The summed E-state index contributed by atoms with van der Waals surface area (Å²) in [5.41, 5.74) is -1.43. The number of esters is 1. The van der Waals surface area contributed by atoms with Gasteiger partial charge in [0.05, 0.1) is 30.8 Å². The van der Waals surface area contributed by atoms with E-state index in [1.54, 1.807) is 17.1 Å². The van der Waals surface area contributed by atoms with E-state index in [0.717, 1.165) is 37.7 Å². The van der Waals surface area contributed by atoms with Crippen LogP contribution in [0.3, 0.4) is 0 Å². The summed E-state index contributed by atoms with van der Waals surface area (Å²) in [5, 5.41) is 10.7. The molecule has 1 N–H and O–H groups in total. The van der Waals surface area contributed by atoms with Crippen LogP contribution in [0.1, 0.15) is 70.4 Å². The molecule has 7 atom stereocenters. The highest BCUT2D eigenvalue weighted by Crippen LogP contribution is 2.66. The quantitative estimate of drug-likeness (QED) is 0.246. The van der Waals surface area contributed by atoms with Crippen molar-refractivity contribution >= 4 is 17.8 Å². The number of hydrogen-bond donors (Lipinski definition) is 1. The number of fused-ring (bicyclic) bond motifs is 1. The number of benzene rings is 1. The maximum atomic E-state index is 14.9. The van der Waals surface area contributed by atoms with Crippen molar-refractivity contribution in [3.05, 3.63) is 61.2 Å². The van der Waals surface area contributed by atoms with Crippen LogP contribution in [0.5, 0.6) is 0 Å². The lowest BCUT2D eigenvalue weighted by Gasteiger charge is -2.42. The fraction of sp³-hybridized carbons (Fsp3) is 0.606. The molecule has 222 valence electrons. The minimum absolute atomic E-state index is 0.0391. The van der Waals surface area contributed by atoms with Gasteiger partial charge in [0.2, 0.25) is 11.8 Å². The Hall–Kier alpha value is -2.97. The highest BCUT2D eigenvalue weighted by Gasteiger charge is 2.81. The third-order valence-corrected chi connectivity index (χ3v) is 10.1. The van der Waals surface area contributed by atoms with Gasteiger partial charge in [0.25, 0.3) is 0 Å². The smallest absolute Gasteiger partial charge is 0.312 e. The van der Waals surface area contributed by atoms with Gasteiger partial charge in [-0.15, -0.1) is 13.2 Å². The first-order chi connectivity index (χ1) is 19.7. The molecular weight excluding hydrogens is 520 g/mol. The summed E-state index contributed by atoms with van der Waals surface area (Å²) in [5.74, 6) is -2.85. The predicted molar refractivity (Wildman–Crippen MR) is 154 cm³/mol. The van der Waals surface area contributed by atoms with E-state index in [-0.39, 0.29) is 37.0 Å². The first kappa shape index (κ1) is 29.5. The molecule has 3 saturated heterocycles. The highest BCUT2D eigenvalue weighted by atomic mass is 16.6. The third-order valence-electron chi connectivity index (χ3n) is 10.1. The van der Waals surface area contributed by atoms with E-state index >= 15 is 0 Å². The van der Waals surface area contributed by atoms with Crippen molar-refractivity contribution < 1.29 is 29.0 Å². The standard InChI is InChI=1S/C33H44N2O6/c1-5-7-19-40-31(39)27-26-29(37)35(25(21-36)23-14-10-8-11-15-23)28(33(26)20-22(3)32(27,4)41-33)30(38)34(18-6-2)24-16-12-9-13-17-24/h5-6,8,10-11,14-15,22,24-28,36H,1-2,7,9,12-13,16-21H2,3-4H3/t22?,25-,26+,27+,28?,32-,33?/m1/s1. The minimum atomic E-state index is -1.21. The summed E-state index contributed by atoms with van der Waals surface area (Å²) < 4.78 is 12.5. The van der Waals surface area contributed by atoms with Crippen molar-refractivity contribution in [1.82, 2.24) is 9.80 Å². The summed E-state index contributed by atoms with van der Waals surface area (Å²) >= 11 is 0. The Kier molecular flexibility index (Phi) is 8.44. The van der Waals surface area contributed by atoms with Crippen molar-refractivity contribution in [3.63, 3.8) is 0 Å². The van der Waals surface area contributed by atoms with Gasteiger partial charge in [-0.3, -0.25) is 14.4 Å². The number of hydrogen-bond acceptors (Lipinski definition) is 6. The van der Waals surface area contributed by atoms with Crippen LogP contribution in [-0.4, -0.2) is 75.7 Å². The second-order valence-electron chi connectivity index (χ2n) is 12.4. The highest BCUT2D eigenvalue weighted by molar-refractivity contribution is 5.99. The molecule has 4 fully saturated rings. The number of carbonyl (C=O) groups is 3. The summed E-state index contributed by atoms with van der Waals surface area (Å²) in [4.78, 5) is 46.6. The zero-order valence-electron chi connectivity index (χ0n) is 24.4. The molecular formula is C33H44N2O6. The number of rotatable bonds is 11. The number of aliphatic hydroxyl groups excluding tert-OH is 1. The number of carbonyl (C=O) groups excluding carboxylic acids is 3. The molecule has 41 heavy (non-hydrogen) atoms. The Labute approximate surface area is 243 Å². The lowest BCUT2D eigenvalue weighted by Crippen LogP contribution is -2.59. The normalized spacial score (nSPS) is 33.3. The Morgan fingerprint density at radius 1 is 1.20 bits per heavy atom. The molecule has 8 nitrogen and oxygen atoms in total. The largest absolute Gasteiger partial charge is 0.465 e. The van der Waals surface area contributed by atoms with Crippen molar-refractivity contribution in [2.45, 2.75) is 88.1 Å². The third kappa shape index (κ3) is 4.73. The van der Waals surface area contributed by atoms with Gasteiger partial charge in [-0.25, -0.2) is 0 Å². The average molecular weight is 565 g/mol. The monoisotopic (exact) mass is 564 g/mol. The van der Waals surface area contributed by atoms with E-state index in [0.29, 0.717) is 19.4 Å².